The number of aliphatic carboxylic acids is 1. The summed E-state index contributed by atoms with van der Waals surface area (Å²) in [6, 6.07) is 0. The molecule has 0 spiro atoms. The Morgan fingerprint density at radius 3 is 1.76 bits per heavy atom. The largest absolute Gasteiger partial charge is 0.481 e. The number of rotatable bonds is 4. The molecule has 0 amide bonds. The topological polar surface area (TPSA) is 89.6 Å². The number of hydrogen-bond donors (Lipinski definition) is 2. The maximum absolute atomic E-state index is 12.1. The Kier molecular flexibility index (Phi) is 4.34. The average Bonchev–Trinajstić information content (AvgIpc) is 2.13. The summed E-state index contributed by atoms with van der Waals surface area (Å²) in [5.41, 5.74) is 2.38. The number of carbonyl (C=O) groups excluding carboxylic acids is 1. The molecule has 0 aliphatic heterocycles. The van der Waals surface area contributed by atoms with Crippen molar-refractivity contribution >= 4 is 11.9 Å². The highest BCUT2D eigenvalue weighted by Crippen LogP contribution is 2.40. The third kappa shape index (κ3) is 3.19. The molecular weight excluding hydrogens is 222 g/mol. The van der Waals surface area contributed by atoms with Crippen LogP contribution in [0.15, 0.2) is 0 Å². The molecule has 1 unspecified atom stereocenters. The zero-order chi connectivity index (χ0) is 14.1. The van der Waals surface area contributed by atoms with Crippen LogP contribution < -0.4 is 5.73 Å². The predicted octanol–water partition coefficient (Wildman–Crippen LogP) is 1.40. The monoisotopic (exact) mass is 245 g/mol. The lowest BCUT2D eigenvalue weighted by Gasteiger charge is -2.39. The second-order valence-corrected chi connectivity index (χ2v) is 5.97. The second kappa shape index (κ2) is 4.64. The lowest BCUT2D eigenvalue weighted by atomic mass is 9.66. The van der Waals surface area contributed by atoms with Gasteiger partial charge in [-0.2, -0.15) is 0 Å². The summed E-state index contributed by atoms with van der Waals surface area (Å²) in [5.74, 6) is -1.66. The Morgan fingerprint density at radius 2 is 1.53 bits per heavy atom. The highest BCUT2D eigenvalue weighted by atomic mass is 16.6. The molecule has 0 aromatic rings. The van der Waals surface area contributed by atoms with Crippen LogP contribution in [0.5, 0.6) is 0 Å². The molecule has 0 bridgehead atoms. The molecule has 0 aromatic carbocycles. The second-order valence-electron chi connectivity index (χ2n) is 5.97. The third-order valence-corrected chi connectivity index (χ3v) is 3.17. The van der Waals surface area contributed by atoms with Gasteiger partial charge >= 0.3 is 11.9 Å². The fourth-order valence-corrected chi connectivity index (χ4v) is 1.22. The molecule has 5 nitrogen and oxygen atoms in total. The van der Waals surface area contributed by atoms with Gasteiger partial charge in [0.05, 0.1) is 10.8 Å². The van der Waals surface area contributed by atoms with Gasteiger partial charge in [-0.25, -0.2) is 0 Å². The van der Waals surface area contributed by atoms with Crippen molar-refractivity contribution in [1.29, 1.82) is 0 Å². The Labute approximate surface area is 102 Å². The molecule has 17 heavy (non-hydrogen) atoms. The molecule has 0 radical (unpaired) electrons. The Morgan fingerprint density at radius 1 is 1.12 bits per heavy atom. The number of carboxylic acids is 1. The number of carboxylic acid groups (broad SMARTS) is 1. The van der Waals surface area contributed by atoms with E-state index in [1.807, 2.05) is 0 Å². The fraction of sp³-hybridized carbons (Fsp3) is 0.833. The van der Waals surface area contributed by atoms with E-state index in [1.165, 1.54) is 20.8 Å². The minimum atomic E-state index is -1.29. The van der Waals surface area contributed by atoms with E-state index < -0.39 is 28.4 Å². The molecule has 100 valence electrons. The van der Waals surface area contributed by atoms with Crippen LogP contribution in [0.3, 0.4) is 0 Å². The van der Waals surface area contributed by atoms with Gasteiger partial charge in [-0.15, -0.1) is 0 Å². The molecule has 0 fully saturated rings. The van der Waals surface area contributed by atoms with Crippen LogP contribution in [-0.2, 0) is 14.3 Å². The zero-order valence-corrected chi connectivity index (χ0v) is 11.5. The summed E-state index contributed by atoms with van der Waals surface area (Å²) < 4.78 is 5.25. The standard InChI is InChI=1S/C12H23NO4/c1-10(2,3)17-9(16)12(6,7-13)11(4,5)8(14)15/h7,13H2,1-6H3,(H,14,15). The lowest BCUT2D eigenvalue weighted by molar-refractivity contribution is -0.181. The quantitative estimate of drug-likeness (QED) is 0.731. The van der Waals surface area contributed by atoms with Crippen LogP contribution in [0.1, 0.15) is 41.5 Å². The predicted molar refractivity (Wildman–Crippen MR) is 64.4 cm³/mol. The van der Waals surface area contributed by atoms with Gasteiger partial charge in [0.1, 0.15) is 5.60 Å². The van der Waals surface area contributed by atoms with Gasteiger partial charge in [-0.3, -0.25) is 9.59 Å². The summed E-state index contributed by atoms with van der Waals surface area (Å²) >= 11 is 0. The average molecular weight is 245 g/mol. The summed E-state index contributed by atoms with van der Waals surface area (Å²) in [7, 11) is 0. The van der Waals surface area contributed by atoms with Crippen molar-refractivity contribution in [2.75, 3.05) is 6.54 Å². The van der Waals surface area contributed by atoms with Crippen LogP contribution in [0, 0.1) is 10.8 Å². The number of carbonyl (C=O) groups is 2. The van der Waals surface area contributed by atoms with Crippen molar-refractivity contribution in [3.8, 4) is 0 Å². The molecule has 0 rings (SSSR count). The van der Waals surface area contributed by atoms with E-state index in [2.05, 4.69) is 0 Å². The number of ether oxygens (including phenoxy) is 1. The molecule has 0 saturated carbocycles. The van der Waals surface area contributed by atoms with Crippen molar-refractivity contribution < 1.29 is 19.4 Å². The van der Waals surface area contributed by atoms with Crippen LogP contribution in [0.25, 0.3) is 0 Å². The Hall–Kier alpha value is -1.10. The van der Waals surface area contributed by atoms with Crippen LogP contribution in [-0.4, -0.2) is 29.2 Å². The molecule has 1 atom stereocenters. The van der Waals surface area contributed by atoms with Crippen molar-refractivity contribution in [3.05, 3.63) is 0 Å². The highest BCUT2D eigenvalue weighted by Gasteiger charge is 2.53. The van der Waals surface area contributed by atoms with Gasteiger partial charge in [-0.1, -0.05) is 0 Å². The lowest BCUT2D eigenvalue weighted by Crippen LogP contribution is -2.53. The van der Waals surface area contributed by atoms with Crippen LogP contribution in [0.4, 0.5) is 0 Å². The summed E-state index contributed by atoms with van der Waals surface area (Å²) in [6.07, 6.45) is 0. The number of esters is 1. The van der Waals surface area contributed by atoms with Crippen LogP contribution in [0.2, 0.25) is 0 Å². The van der Waals surface area contributed by atoms with Gasteiger partial charge in [-0.05, 0) is 41.5 Å². The van der Waals surface area contributed by atoms with Gasteiger partial charge in [0.2, 0.25) is 0 Å². The summed E-state index contributed by atoms with van der Waals surface area (Å²) in [4.78, 5) is 23.3. The minimum Gasteiger partial charge on any atom is -0.481 e. The van der Waals surface area contributed by atoms with Crippen molar-refractivity contribution in [2.45, 2.75) is 47.1 Å². The van der Waals surface area contributed by atoms with Crippen molar-refractivity contribution in [1.82, 2.24) is 0 Å². The van der Waals surface area contributed by atoms with Gasteiger partial charge in [0.25, 0.3) is 0 Å². The first-order valence-corrected chi connectivity index (χ1v) is 5.55. The SMILES string of the molecule is CC(C)(C)OC(=O)C(C)(CN)C(C)(C)C(=O)O. The molecule has 0 aliphatic carbocycles. The Bertz CT molecular complexity index is 317. The molecule has 0 aromatic heterocycles. The molecule has 0 heterocycles. The van der Waals surface area contributed by atoms with Crippen molar-refractivity contribution in [2.24, 2.45) is 16.6 Å². The Balaban J connectivity index is 5.30. The van der Waals surface area contributed by atoms with Gasteiger partial charge in [0, 0.05) is 6.54 Å². The van der Waals surface area contributed by atoms with E-state index in [-0.39, 0.29) is 6.54 Å². The highest BCUT2D eigenvalue weighted by molar-refractivity contribution is 5.87. The smallest absolute Gasteiger partial charge is 0.314 e. The van der Waals surface area contributed by atoms with E-state index in [0.29, 0.717) is 0 Å². The van der Waals surface area contributed by atoms with Gasteiger partial charge < -0.3 is 15.6 Å². The zero-order valence-electron chi connectivity index (χ0n) is 11.5. The summed E-state index contributed by atoms with van der Waals surface area (Å²) in [5, 5.41) is 9.19. The molecule has 0 aliphatic rings. The van der Waals surface area contributed by atoms with E-state index in [4.69, 9.17) is 10.5 Å². The first-order chi connectivity index (χ1) is 7.38. The van der Waals surface area contributed by atoms with E-state index in [0.717, 1.165) is 0 Å². The van der Waals surface area contributed by atoms with E-state index in [1.54, 1.807) is 20.8 Å². The summed E-state index contributed by atoms with van der Waals surface area (Å²) in [6.45, 7) is 9.59. The molecular formula is C12H23NO4. The number of hydrogen-bond acceptors (Lipinski definition) is 4. The molecule has 5 heteroatoms. The van der Waals surface area contributed by atoms with E-state index >= 15 is 0 Å². The minimum absolute atomic E-state index is 0.0821. The molecule has 3 N–H and O–H groups in total. The normalized spacial score (nSPS) is 16.2. The number of nitrogens with two attached hydrogens (primary N) is 1. The van der Waals surface area contributed by atoms with Crippen molar-refractivity contribution in [3.63, 3.8) is 0 Å². The first-order valence-electron chi connectivity index (χ1n) is 5.55. The third-order valence-electron chi connectivity index (χ3n) is 3.17. The van der Waals surface area contributed by atoms with Crippen LogP contribution >= 0.6 is 0 Å². The maximum Gasteiger partial charge on any atom is 0.314 e. The van der Waals surface area contributed by atoms with E-state index in [9.17, 15) is 14.7 Å². The first kappa shape index (κ1) is 15.9. The fourth-order valence-electron chi connectivity index (χ4n) is 1.22. The molecule has 0 saturated heterocycles. The maximum atomic E-state index is 12.1. The van der Waals surface area contributed by atoms with Gasteiger partial charge in [0.15, 0.2) is 0 Å².